The Morgan fingerprint density at radius 1 is 1.31 bits per heavy atom. The Bertz CT molecular complexity index is 751. The summed E-state index contributed by atoms with van der Waals surface area (Å²) in [6, 6.07) is 10.5. The van der Waals surface area contributed by atoms with Crippen LogP contribution in [0.2, 0.25) is 0 Å². The van der Waals surface area contributed by atoms with Gasteiger partial charge in [-0.15, -0.1) is 0 Å². The van der Waals surface area contributed by atoms with Gasteiger partial charge in [0.1, 0.15) is 11.4 Å². The Morgan fingerprint density at radius 3 is 2.85 bits per heavy atom. The maximum Gasteiger partial charge on any atom is 0.220 e. The van der Waals surface area contributed by atoms with E-state index in [1.165, 1.54) is 11.1 Å². The maximum absolute atomic E-state index is 12.0. The maximum atomic E-state index is 12.0. The van der Waals surface area contributed by atoms with Crippen molar-refractivity contribution in [2.75, 3.05) is 20.1 Å². The Hall–Kier alpha value is -1.85. The number of hydrogen-bond donors (Lipinski definition) is 1. The average molecular weight is 371 g/mol. The third-order valence-corrected chi connectivity index (χ3v) is 6.50. The first kappa shape index (κ1) is 17.6. The lowest BCUT2D eigenvalue weighted by molar-refractivity contribution is -0.121. The van der Waals surface area contributed by atoms with E-state index in [2.05, 4.69) is 39.2 Å². The first-order valence-corrected chi connectivity index (χ1v) is 10.3. The van der Waals surface area contributed by atoms with Gasteiger partial charge in [0.05, 0.1) is 0 Å². The van der Waals surface area contributed by atoms with Gasteiger partial charge in [0, 0.05) is 39.0 Å². The number of thiophene rings is 1. The highest BCUT2D eigenvalue weighted by molar-refractivity contribution is 7.07. The molecule has 1 aromatic carbocycles. The molecule has 0 saturated carbocycles. The van der Waals surface area contributed by atoms with Crippen LogP contribution < -0.4 is 10.1 Å². The minimum absolute atomic E-state index is 0.108. The highest BCUT2D eigenvalue weighted by atomic mass is 32.1. The van der Waals surface area contributed by atoms with Crippen molar-refractivity contribution in [2.24, 2.45) is 0 Å². The minimum Gasteiger partial charge on any atom is -0.487 e. The molecule has 4 rings (SSSR count). The number of carbonyl (C=O) groups is 1. The van der Waals surface area contributed by atoms with Gasteiger partial charge in [-0.25, -0.2) is 0 Å². The average Bonchev–Trinajstić information content (AvgIpc) is 3.17. The lowest BCUT2D eigenvalue weighted by Gasteiger charge is -2.47. The summed E-state index contributed by atoms with van der Waals surface area (Å²) in [5, 5.41) is 7.16. The third-order valence-electron chi connectivity index (χ3n) is 5.77. The molecule has 0 radical (unpaired) electrons. The van der Waals surface area contributed by atoms with Gasteiger partial charge in [-0.2, -0.15) is 11.3 Å². The summed E-state index contributed by atoms with van der Waals surface area (Å²) in [6.45, 7) is 3.12. The summed E-state index contributed by atoms with van der Waals surface area (Å²) in [5.74, 6) is 1.32. The van der Waals surface area contributed by atoms with Crippen LogP contribution in [0.15, 0.2) is 41.1 Å². The predicted molar refractivity (Wildman–Crippen MR) is 105 cm³/mol. The third kappa shape index (κ3) is 3.64. The summed E-state index contributed by atoms with van der Waals surface area (Å²) >= 11 is 1.76. The molecule has 1 amide bonds. The topological polar surface area (TPSA) is 41.6 Å². The van der Waals surface area contributed by atoms with E-state index in [0.29, 0.717) is 6.42 Å². The van der Waals surface area contributed by atoms with E-state index in [9.17, 15) is 4.79 Å². The number of likely N-dealkylation sites (tertiary alicyclic amines) is 1. The van der Waals surface area contributed by atoms with E-state index in [4.69, 9.17) is 4.74 Å². The number of benzene rings is 1. The molecule has 0 unspecified atom stereocenters. The number of amides is 1. The van der Waals surface area contributed by atoms with Gasteiger partial charge >= 0.3 is 0 Å². The van der Waals surface area contributed by atoms with Crippen molar-refractivity contribution in [1.29, 1.82) is 0 Å². The van der Waals surface area contributed by atoms with Crippen molar-refractivity contribution < 1.29 is 9.53 Å². The van der Waals surface area contributed by atoms with E-state index < -0.39 is 0 Å². The largest absolute Gasteiger partial charge is 0.487 e. The summed E-state index contributed by atoms with van der Waals surface area (Å²) < 4.78 is 6.53. The molecule has 1 aromatic heterocycles. The fourth-order valence-corrected chi connectivity index (χ4v) is 4.98. The molecule has 1 atom stereocenters. The molecule has 4 nitrogen and oxygen atoms in total. The fraction of sp³-hybridized carbons (Fsp3) is 0.476. The molecule has 2 aliphatic heterocycles. The van der Waals surface area contributed by atoms with Crippen molar-refractivity contribution in [3.05, 3.63) is 52.2 Å². The van der Waals surface area contributed by atoms with Gasteiger partial charge in [-0.05, 0) is 53.3 Å². The molecule has 138 valence electrons. The fourth-order valence-electron chi connectivity index (χ4n) is 4.32. The van der Waals surface area contributed by atoms with Crippen LogP contribution in [0.25, 0.3) is 0 Å². The number of fused-ring (bicyclic) bond motifs is 1. The number of ether oxygens (including phenoxy) is 1. The van der Waals surface area contributed by atoms with Crippen molar-refractivity contribution in [1.82, 2.24) is 10.2 Å². The Labute approximate surface area is 159 Å². The number of nitrogens with zero attached hydrogens (tertiary/aromatic N) is 1. The summed E-state index contributed by atoms with van der Waals surface area (Å²) in [6.07, 6.45) is 3.52. The molecule has 26 heavy (non-hydrogen) atoms. The molecule has 1 N–H and O–H groups in total. The number of para-hydroxylation sites is 1. The van der Waals surface area contributed by atoms with Crippen molar-refractivity contribution in [3.63, 3.8) is 0 Å². The van der Waals surface area contributed by atoms with E-state index in [1.807, 2.05) is 12.1 Å². The molecular weight excluding hydrogens is 344 g/mol. The number of piperidine rings is 1. The SMILES string of the molecule is CNC(=O)C[C@H]1CC2(CCN(Cc3ccsc3)CC2)Oc2ccccc21. The molecule has 1 spiro atoms. The highest BCUT2D eigenvalue weighted by Gasteiger charge is 2.43. The zero-order valence-electron chi connectivity index (χ0n) is 15.2. The first-order valence-electron chi connectivity index (χ1n) is 9.39. The Morgan fingerprint density at radius 2 is 2.12 bits per heavy atom. The van der Waals surface area contributed by atoms with Crippen LogP contribution >= 0.6 is 11.3 Å². The van der Waals surface area contributed by atoms with Gasteiger partial charge in [0.2, 0.25) is 5.91 Å². The zero-order valence-corrected chi connectivity index (χ0v) is 16.1. The number of carbonyl (C=O) groups excluding carboxylic acids is 1. The second-order valence-corrected chi connectivity index (χ2v) is 8.29. The van der Waals surface area contributed by atoms with E-state index >= 15 is 0 Å². The highest BCUT2D eigenvalue weighted by Crippen LogP contribution is 2.46. The lowest BCUT2D eigenvalue weighted by atomic mass is 9.76. The number of nitrogens with one attached hydrogen (secondary N) is 1. The van der Waals surface area contributed by atoms with Crippen LogP contribution in [-0.4, -0.2) is 36.5 Å². The minimum atomic E-state index is -0.127. The van der Waals surface area contributed by atoms with Gasteiger partial charge in [-0.1, -0.05) is 18.2 Å². The van der Waals surface area contributed by atoms with Crippen LogP contribution in [-0.2, 0) is 11.3 Å². The molecule has 3 heterocycles. The zero-order chi connectivity index (χ0) is 18.0. The Balaban J connectivity index is 1.48. The second-order valence-electron chi connectivity index (χ2n) is 7.51. The Kier molecular flexibility index (Phi) is 5.00. The quantitative estimate of drug-likeness (QED) is 0.890. The van der Waals surface area contributed by atoms with Gasteiger partial charge < -0.3 is 10.1 Å². The molecular formula is C21H26N2O2S. The second kappa shape index (κ2) is 7.41. The molecule has 0 bridgehead atoms. The van der Waals surface area contributed by atoms with Gasteiger partial charge in [0.15, 0.2) is 0 Å². The summed E-state index contributed by atoms with van der Waals surface area (Å²) in [4.78, 5) is 14.6. The van der Waals surface area contributed by atoms with Crippen molar-refractivity contribution in [3.8, 4) is 5.75 Å². The summed E-state index contributed by atoms with van der Waals surface area (Å²) in [7, 11) is 1.71. The molecule has 1 saturated heterocycles. The molecule has 5 heteroatoms. The molecule has 2 aromatic rings. The standard InChI is InChI=1S/C21H26N2O2S/c1-22-20(24)12-17-13-21(25-19-5-3-2-4-18(17)19)7-9-23(10-8-21)14-16-6-11-26-15-16/h2-6,11,15,17H,7-10,12-14H2,1H3,(H,22,24)/t17-/m0/s1. The normalized spacial score (nSPS) is 21.8. The van der Waals surface area contributed by atoms with Crippen LogP contribution in [0.3, 0.4) is 0 Å². The van der Waals surface area contributed by atoms with Gasteiger partial charge in [0.25, 0.3) is 0 Å². The van der Waals surface area contributed by atoms with Crippen LogP contribution in [0.4, 0.5) is 0 Å². The van der Waals surface area contributed by atoms with E-state index in [-0.39, 0.29) is 17.4 Å². The molecule has 0 aliphatic carbocycles. The van der Waals surface area contributed by atoms with Crippen LogP contribution in [0.5, 0.6) is 5.75 Å². The van der Waals surface area contributed by atoms with Crippen molar-refractivity contribution in [2.45, 2.75) is 43.7 Å². The van der Waals surface area contributed by atoms with Gasteiger partial charge in [-0.3, -0.25) is 9.69 Å². The monoisotopic (exact) mass is 370 g/mol. The lowest BCUT2D eigenvalue weighted by Crippen LogP contribution is -2.50. The van der Waals surface area contributed by atoms with Crippen LogP contribution in [0.1, 0.15) is 42.7 Å². The smallest absolute Gasteiger partial charge is 0.220 e. The first-order chi connectivity index (χ1) is 12.7. The van der Waals surface area contributed by atoms with Crippen LogP contribution in [0, 0.1) is 0 Å². The number of hydrogen-bond acceptors (Lipinski definition) is 4. The molecule has 2 aliphatic rings. The predicted octanol–water partition coefficient (Wildman–Crippen LogP) is 3.79. The van der Waals surface area contributed by atoms with E-state index in [1.54, 1.807) is 18.4 Å². The van der Waals surface area contributed by atoms with Crippen molar-refractivity contribution >= 4 is 17.2 Å². The summed E-state index contributed by atoms with van der Waals surface area (Å²) in [5.41, 5.74) is 2.46. The molecule has 1 fully saturated rings. The number of rotatable bonds is 4. The van der Waals surface area contributed by atoms with E-state index in [0.717, 1.165) is 44.6 Å².